The lowest BCUT2D eigenvalue weighted by molar-refractivity contribution is -0.620. The Bertz CT molecular complexity index is 324. The summed E-state index contributed by atoms with van der Waals surface area (Å²) in [6.07, 6.45) is 0. The number of nitrogens with one attached hydrogen (secondary N) is 1. The summed E-state index contributed by atoms with van der Waals surface area (Å²) in [5.74, 6) is 0.0312. The van der Waals surface area contributed by atoms with E-state index in [1.807, 2.05) is 36.3 Å². The molecule has 1 aromatic carbocycles. The van der Waals surface area contributed by atoms with Crippen LogP contribution in [-0.4, -0.2) is 13.0 Å². The Morgan fingerprint density at radius 3 is 2.92 bits per heavy atom. The maximum atomic E-state index is 11.3. The second-order valence-electron chi connectivity index (χ2n) is 2.71. The summed E-state index contributed by atoms with van der Waals surface area (Å²) in [6, 6.07) is 7.51. The first-order chi connectivity index (χ1) is 5.79. The molecule has 0 spiro atoms. The topological polar surface area (TPSA) is 49.0 Å². The molecule has 3 N–H and O–H groups in total. The van der Waals surface area contributed by atoms with Gasteiger partial charge in [0.25, 0.3) is 0 Å². The van der Waals surface area contributed by atoms with E-state index >= 15 is 0 Å². The maximum absolute atomic E-state index is 11.3. The number of primary amides is 1. The van der Waals surface area contributed by atoms with Crippen LogP contribution in [0, 0.1) is 0 Å². The molecule has 1 heterocycles. The molecule has 0 radical (unpaired) electrons. The number of para-hydroxylation sites is 1. The van der Waals surface area contributed by atoms with E-state index < -0.39 is 0 Å². The van der Waals surface area contributed by atoms with Gasteiger partial charge in [0.1, 0.15) is 5.56 Å². The highest BCUT2D eigenvalue weighted by Gasteiger charge is 2.22. The predicted molar refractivity (Wildman–Crippen MR) is 44.2 cm³/mol. The number of nitrogens with zero attached hydrogens (tertiary/aromatic N) is 1. The summed E-state index contributed by atoms with van der Waals surface area (Å²) in [7, 11) is 1.88. The molecule has 1 aliphatic heterocycles. The number of carbonyl (C=O) groups is 1. The number of carbonyl (C=O) groups excluding carboxylic acids is 1. The van der Waals surface area contributed by atoms with Crippen LogP contribution in [0.15, 0.2) is 24.3 Å². The molecular formula is C8H10N3O+. The number of hydrazine groups is 1. The highest BCUT2D eigenvalue weighted by atomic mass is 16.2. The standard InChI is InChI=1S/C8H9N3O/c1-11-7-5-3-2-4-6(7)8(12)9-10-11/h2-5,10H,1H3,(H,9,12)/p+1. The van der Waals surface area contributed by atoms with Gasteiger partial charge in [-0.15, -0.1) is 0 Å². The fourth-order valence-corrected chi connectivity index (χ4v) is 1.28. The minimum absolute atomic E-state index is 0.0312. The maximum Gasteiger partial charge on any atom is 0.365 e. The number of hydrogen-bond acceptors (Lipinski definition) is 3. The van der Waals surface area contributed by atoms with E-state index in [9.17, 15) is 4.79 Å². The van der Waals surface area contributed by atoms with E-state index in [0.29, 0.717) is 0 Å². The summed E-state index contributed by atoms with van der Waals surface area (Å²) in [4.78, 5) is 11.3. The molecule has 0 unspecified atom stereocenters. The van der Waals surface area contributed by atoms with E-state index in [1.165, 1.54) is 5.43 Å². The number of rotatable bonds is 0. The Morgan fingerprint density at radius 2 is 2.17 bits per heavy atom. The lowest BCUT2D eigenvalue weighted by atomic mass is 10.1. The lowest BCUT2D eigenvalue weighted by Gasteiger charge is -2.23. The zero-order valence-electron chi connectivity index (χ0n) is 6.74. The summed E-state index contributed by atoms with van der Waals surface area (Å²) < 4.78 is 0. The Hall–Kier alpha value is -1.39. The van der Waals surface area contributed by atoms with Crippen molar-refractivity contribution in [3.8, 4) is 0 Å². The van der Waals surface area contributed by atoms with Crippen molar-refractivity contribution in [2.75, 3.05) is 12.1 Å². The first-order valence-corrected chi connectivity index (χ1v) is 3.75. The SMILES string of the molecule is CN1N[NH2+]C(=O)c2ccccc21. The predicted octanol–water partition coefficient (Wildman–Crippen LogP) is -0.740. The van der Waals surface area contributed by atoms with Gasteiger partial charge in [-0.2, -0.15) is 5.43 Å². The van der Waals surface area contributed by atoms with Gasteiger partial charge in [-0.1, -0.05) is 17.7 Å². The molecule has 0 saturated carbocycles. The smallest absolute Gasteiger partial charge is 0.267 e. The Balaban J connectivity index is 2.55. The molecule has 62 valence electrons. The summed E-state index contributed by atoms with van der Waals surface area (Å²) in [5, 5.41) is 1.82. The second-order valence-corrected chi connectivity index (χ2v) is 2.71. The van der Waals surface area contributed by atoms with Gasteiger partial charge in [0.05, 0.1) is 5.69 Å². The second kappa shape index (κ2) is 2.58. The van der Waals surface area contributed by atoms with Crippen LogP contribution in [0.2, 0.25) is 0 Å². The van der Waals surface area contributed by atoms with Gasteiger partial charge >= 0.3 is 5.91 Å². The molecule has 0 atom stereocenters. The van der Waals surface area contributed by atoms with Crippen molar-refractivity contribution in [2.24, 2.45) is 0 Å². The molecule has 4 nitrogen and oxygen atoms in total. The molecule has 4 heteroatoms. The number of fused-ring (bicyclic) bond motifs is 1. The monoisotopic (exact) mass is 164 g/mol. The highest BCUT2D eigenvalue weighted by molar-refractivity contribution is 5.94. The summed E-state index contributed by atoms with van der Waals surface area (Å²) in [5.41, 5.74) is 5.98. The summed E-state index contributed by atoms with van der Waals surface area (Å²) in [6.45, 7) is 0. The van der Waals surface area contributed by atoms with Crippen LogP contribution in [0.1, 0.15) is 10.4 Å². The molecule has 0 aliphatic carbocycles. The van der Waals surface area contributed by atoms with Crippen molar-refractivity contribution in [3.05, 3.63) is 29.8 Å². The van der Waals surface area contributed by atoms with Crippen LogP contribution in [0.25, 0.3) is 0 Å². The van der Waals surface area contributed by atoms with Gasteiger partial charge in [0.15, 0.2) is 0 Å². The van der Waals surface area contributed by atoms with Crippen LogP contribution < -0.4 is 16.0 Å². The third-order valence-corrected chi connectivity index (χ3v) is 1.92. The van der Waals surface area contributed by atoms with Gasteiger partial charge in [-0.05, 0) is 12.1 Å². The van der Waals surface area contributed by atoms with Crippen molar-refractivity contribution in [2.45, 2.75) is 0 Å². The summed E-state index contributed by atoms with van der Waals surface area (Å²) >= 11 is 0. The van der Waals surface area contributed by atoms with Gasteiger partial charge < -0.3 is 0 Å². The van der Waals surface area contributed by atoms with Crippen molar-refractivity contribution < 1.29 is 10.2 Å². The van der Waals surface area contributed by atoms with Gasteiger partial charge in [-0.25, -0.2) is 4.79 Å². The molecular weight excluding hydrogens is 154 g/mol. The Morgan fingerprint density at radius 1 is 1.42 bits per heavy atom. The van der Waals surface area contributed by atoms with Gasteiger partial charge in [0, 0.05) is 7.05 Å². The Labute approximate surface area is 70.1 Å². The van der Waals surface area contributed by atoms with Gasteiger partial charge in [-0.3, -0.25) is 5.01 Å². The number of amides is 1. The zero-order valence-corrected chi connectivity index (χ0v) is 6.74. The minimum Gasteiger partial charge on any atom is -0.267 e. The van der Waals surface area contributed by atoms with Crippen LogP contribution in [-0.2, 0) is 0 Å². The molecule has 2 rings (SSSR count). The normalized spacial score (nSPS) is 16.1. The molecule has 0 fully saturated rings. The van der Waals surface area contributed by atoms with Crippen molar-refractivity contribution >= 4 is 11.6 Å². The largest absolute Gasteiger partial charge is 0.365 e. The zero-order chi connectivity index (χ0) is 8.55. The van der Waals surface area contributed by atoms with Crippen LogP contribution in [0.4, 0.5) is 5.69 Å². The third kappa shape index (κ3) is 0.975. The van der Waals surface area contributed by atoms with Crippen LogP contribution in [0.5, 0.6) is 0 Å². The third-order valence-electron chi connectivity index (χ3n) is 1.92. The highest BCUT2D eigenvalue weighted by Crippen LogP contribution is 2.17. The number of hydrogen-bond donors (Lipinski definition) is 2. The van der Waals surface area contributed by atoms with E-state index in [-0.39, 0.29) is 5.91 Å². The van der Waals surface area contributed by atoms with Crippen molar-refractivity contribution in [1.29, 1.82) is 0 Å². The molecule has 0 saturated heterocycles. The van der Waals surface area contributed by atoms with E-state index in [0.717, 1.165) is 11.3 Å². The van der Waals surface area contributed by atoms with Crippen LogP contribution in [0.3, 0.4) is 0 Å². The van der Waals surface area contributed by atoms with Gasteiger partial charge in [0.2, 0.25) is 0 Å². The first-order valence-electron chi connectivity index (χ1n) is 3.75. The quantitative estimate of drug-likeness (QED) is 0.496. The van der Waals surface area contributed by atoms with E-state index in [4.69, 9.17) is 0 Å². The van der Waals surface area contributed by atoms with E-state index in [2.05, 4.69) is 5.53 Å². The minimum atomic E-state index is 0.0312. The molecule has 1 amide bonds. The average Bonchev–Trinajstić information content (AvgIpc) is 2.12. The number of nitrogens with two attached hydrogens (primary N) is 1. The number of benzene rings is 1. The molecule has 0 aromatic heterocycles. The fourth-order valence-electron chi connectivity index (χ4n) is 1.28. The lowest BCUT2D eigenvalue weighted by Crippen LogP contribution is -3.00. The molecule has 1 aromatic rings. The molecule has 0 bridgehead atoms. The first kappa shape index (κ1) is 7.27. The fraction of sp³-hybridized carbons (Fsp3) is 0.125. The van der Waals surface area contributed by atoms with E-state index in [1.54, 1.807) is 0 Å². The Kier molecular flexibility index (Phi) is 1.56. The van der Waals surface area contributed by atoms with Crippen molar-refractivity contribution in [3.63, 3.8) is 0 Å². The number of quaternary nitrogens is 1. The molecule has 12 heavy (non-hydrogen) atoms. The van der Waals surface area contributed by atoms with Crippen LogP contribution >= 0.6 is 0 Å². The molecule has 1 aliphatic rings. The number of anilines is 1. The van der Waals surface area contributed by atoms with Crippen molar-refractivity contribution in [1.82, 2.24) is 5.53 Å². The average molecular weight is 164 g/mol.